The van der Waals surface area contributed by atoms with E-state index in [1.807, 2.05) is 49.4 Å². The Morgan fingerprint density at radius 1 is 1.35 bits per heavy atom. The van der Waals surface area contributed by atoms with Crippen LogP contribution in [0.2, 0.25) is 0 Å². The lowest BCUT2D eigenvalue weighted by atomic mass is 9.93. The molecule has 1 nitrogen and oxygen atoms in total. The van der Waals surface area contributed by atoms with Gasteiger partial charge >= 0.3 is 0 Å². The van der Waals surface area contributed by atoms with Crippen LogP contribution in [0.15, 0.2) is 54.4 Å². The smallest absolute Gasteiger partial charge is 0.162 e. The summed E-state index contributed by atoms with van der Waals surface area (Å²) in [7, 11) is 0. The van der Waals surface area contributed by atoms with E-state index in [2.05, 4.69) is 15.9 Å². The van der Waals surface area contributed by atoms with Crippen molar-refractivity contribution in [3.05, 3.63) is 60.0 Å². The van der Waals surface area contributed by atoms with Crippen LogP contribution in [-0.4, -0.2) is 11.1 Å². The fourth-order valence-corrected chi connectivity index (χ4v) is 2.49. The van der Waals surface area contributed by atoms with Gasteiger partial charge in [0, 0.05) is 6.61 Å². The third-order valence-electron chi connectivity index (χ3n) is 2.67. The second-order valence-corrected chi connectivity index (χ2v) is 5.15. The van der Waals surface area contributed by atoms with Gasteiger partial charge in [-0.25, -0.2) is 4.39 Å². The number of hydrogen-bond acceptors (Lipinski definition) is 1. The Morgan fingerprint density at radius 3 is 2.65 bits per heavy atom. The van der Waals surface area contributed by atoms with Gasteiger partial charge in [0.1, 0.15) is 5.83 Å². The van der Waals surface area contributed by atoms with E-state index in [1.165, 1.54) is 6.08 Å². The Kier molecular flexibility index (Phi) is 3.79. The van der Waals surface area contributed by atoms with E-state index in [1.54, 1.807) is 0 Å². The maximum absolute atomic E-state index is 14.1. The molecular formula is C14H14BrFO. The van der Waals surface area contributed by atoms with Crippen molar-refractivity contribution in [1.82, 2.24) is 0 Å². The molecule has 1 aromatic carbocycles. The lowest BCUT2D eigenvalue weighted by molar-refractivity contribution is 0.105. The quantitative estimate of drug-likeness (QED) is 0.596. The Labute approximate surface area is 109 Å². The summed E-state index contributed by atoms with van der Waals surface area (Å²) in [6.07, 6.45) is 5.15. The summed E-state index contributed by atoms with van der Waals surface area (Å²) >= 11 is 3.37. The van der Waals surface area contributed by atoms with Crippen LogP contribution in [-0.2, 0) is 4.74 Å². The van der Waals surface area contributed by atoms with E-state index in [9.17, 15) is 4.39 Å². The Hall–Kier alpha value is -0.930. The minimum atomic E-state index is -0.795. The second kappa shape index (κ2) is 5.15. The van der Waals surface area contributed by atoms with Gasteiger partial charge in [-0.2, -0.15) is 0 Å². The molecule has 90 valence electrons. The zero-order chi connectivity index (χ0) is 12.3. The van der Waals surface area contributed by atoms with E-state index in [4.69, 9.17) is 4.74 Å². The molecule has 17 heavy (non-hydrogen) atoms. The van der Waals surface area contributed by atoms with Crippen LogP contribution in [0.25, 0.3) is 0 Å². The third kappa shape index (κ3) is 2.85. The fourth-order valence-electron chi connectivity index (χ4n) is 1.89. The Morgan fingerprint density at radius 2 is 2.06 bits per heavy atom. The summed E-state index contributed by atoms with van der Waals surface area (Å²) < 4.78 is 18.7. The Bertz CT molecular complexity index is 441. The van der Waals surface area contributed by atoms with E-state index < -0.39 is 4.51 Å². The summed E-state index contributed by atoms with van der Waals surface area (Å²) in [6, 6.07) is 9.59. The van der Waals surface area contributed by atoms with E-state index in [-0.39, 0.29) is 11.7 Å². The van der Waals surface area contributed by atoms with Gasteiger partial charge in [-0.1, -0.05) is 36.4 Å². The van der Waals surface area contributed by atoms with Crippen LogP contribution in [0.3, 0.4) is 0 Å². The molecule has 0 radical (unpaired) electrons. The number of hydrogen-bond donors (Lipinski definition) is 0. The first-order chi connectivity index (χ1) is 8.14. The maximum atomic E-state index is 14.1. The highest BCUT2D eigenvalue weighted by Crippen LogP contribution is 2.37. The largest absolute Gasteiger partial charge is 0.357 e. The fraction of sp³-hybridized carbons (Fsp3) is 0.286. The van der Waals surface area contributed by atoms with E-state index in [0.717, 1.165) is 5.56 Å². The van der Waals surface area contributed by atoms with Crippen LogP contribution in [0.1, 0.15) is 18.4 Å². The summed E-state index contributed by atoms with van der Waals surface area (Å²) in [6.45, 7) is 2.40. The first-order valence-corrected chi connectivity index (χ1v) is 6.39. The zero-order valence-electron chi connectivity index (χ0n) is 9.57. The van der Waals surface area contributed by atoms with Crippen LogP contribution in [0.5, 0.6) is 0 Å². The highest BCUT2D eigenvalue weighted by atomic mass is 79.9. The lowest BCUT2D eigenvalue weighted by Crippen LogP contribution is -2.23. The van der Waals surface area contributed by atoms with Crippen molar-refractivity contribution >= 4 is 15.9 Å². The SMILES string of the molecule is CCOC1(Br)C=CC(c2ccccc2)C(F)=C1. The van der Waals surface area contributed by atoms with Gasteiger partial charge in [-0.3, -0.25) is 0 Å². The molecule has 0 saturated carbocycles. The molecule has 0 aliphatic heterocycles. The number of alkyl halides is 1. The van der Waals surface area contributed by atoms with Crippen molar-refractivity contribution in [1.29, 1.82) is 0 Å². The van der Waals surface area contributed by atoms with Crippen molar-refractivity contribution in [2.24, 2.45) is 0 Å². The first kappa shape index (κ1) is 12.5. The number of benzene rings is 1. The molecule has 3 heteroatoms. The second-order valence-electron chi connectivity index (χ2n) is 3.91. The minimum Gasteiger partial charge on any atom is -0.357 e. The highest BCUT2D eigenvalue weighted by molar-refractivity contribution is 9.10. The normalized spacial score (nSPS) is 27.9. The molecule has 0 spiro atoms. The van der Waals surface area contributed by atoms with Gasteiger partial charge in [0.2, 0.25) is 0 Å². The molecule has 2 rings (SSSR count). The predicted octanol–water partition coefficient (Wildman–Crippen LogP) is 4.32. The third-order valence-corrected chi connectivity index (χ3v) is 3.39. The first-order valence-electron chi connectivity index (χ1n) is 5.60. The van der Waals surface area contributed by atoms with Crippen LogP contribution < -0.4 is 0 Å². The Balaban J connectivity index is 2.24. The molecule has 2 unspecified atom stereocenters. The molecule has 0 fully saturated rings. The average molecular weight is 297 g/mol. The summed E-state index contributed by atoms with van der Waals surface area (Å²) in [5, 5.41) is 0. The molecule has 0 heterocycles. The molecule has 1 aliphatic rings. The number of allylic oxidation sites excluding steroid dienone is 2. The lowest BCUT2D eigenvalue weighted by Gasteiger charge is -2.26. The van der Waals surface area contributed by atoms with Gasteiger partial charge in [0.05, 0.1) is 5.92 Å². The van der Waals surface area contributed by atoms with Crippen molar-refractivity contribution in [2.75, 3.05) is 6.61 Å². The summed E-state index contributed by atoms with van der Waals surface area (Å²) in [5.41, 5.74) is 0.948. The monoisotopic (exact) mass is 296 g/mol. The van der Waals surface area contributed by atoms with Crippen molar-refractivity contribution in [2.45, 2.75) is 17.4 Å². The standard InChI is InChI=1S/C14H14BrFO/c1-2-17-14(15)9-8-12(13(16)10-14)11-6-4-3-5-7-11/h3-10,12H,2H2,1H3. The molecule has 0 aromatic heterocycles. The van der Waals surface area contributed by atoms with Gasteiger partial charge < -0.3 is 4.74 Å². The molecule has 0 N–H and O–H groups in total. The highest BCUT2D eigenvalue weighted by Gasteiger charge is 2.29. The molecule has 1 aromatic rings. The molecule has 1 aliphatic carbocycles. The van der Waals surface area contributed by atoms with Crippen LogP contribution >= 0.6 is 15.9 Å². The topological polar surface area (TPSA) is 9.23 Å². The molecule has 0 amide bonds. The molecular weight excluding hydrogens is 283 g/mol. The summed E-state index contributed by atoms with van der Waals surface area (Å²) in [5.74, 6) is -0.494. The number of rotatable bonds is 3. The van der Waals surface area contributed by atoms with Crippen LogP contribution in [0.4, 0.5) is 4.39 Å². The van der Waals surface area contributed by atoms with E-state index in [0.29, 0.717) is 6.61 Å². The molecule has 0 bridgehead atoms. The minimum absolute atomic E-state index is 0.191. The maximum Gasteiger partial charge on any atom is 0.162 e. The predicted molar refractivity (Wildman–Crippen MR) is 70.8 cm³/mol. The van der Waals surface area contributed by atoms with Gasteiger partial charge in [-0.05, 0) is 40.6 Å². The molecule has 0 saturated heterocycles. The molecule has 2 atom stereocenters. The number of halogens is 2. The van der Waals surface area contributed by atoms with Gasteiger partial charge in [-0.15, -0.1) is 0 Å². The van der Waals surface area contributed by atoms with Gasteiger partial charge in [0.15, 0.2) is 4.51 Å². The summed E-state index contributed by atoms with van der Waals surface area (Å²) in [4.78, 5) is 0. The zero-order valence-corrected chi connectivity index (χ0v) is 11.2. The van der Waals surface area contributed by atoms with Gasteiger partial charge in [0.25, 0.3) is 0 Å². The number of ether oxygens (including phenoxy) is 1. The van der Waals surface area contributed by atoms with Crippen LogP contribution in [0, 0.1) is 0 Å². The van der Waals surface area contributed by atoms with Crippen molar-refractivity contribution < 1.29 is 9.13 Å². The van der Waals surface area contributed by atoms with Crippen molar-refractivity contribution in [3.63, 3.8) is 0 Å². The average Bonchev–Trinajstić information content (AvgIpc) is 2.30. The van der Waals surface area contributed by atoms with E-state index >= 15 is 0 Å². The van der Waals surface area contributed by atoms with Crippen molar-refractivity contribution in [3.8, 4) is 0 Å².